The minimum Gasteiger partial charge on any atom is -0.368 e. The molecule has 0 aromatic heterocycles. The third-order valence-electron chi connectivity index (χ3n) is 3.59. The fourth-order valence-corrected chi connectivity index (χ4v) is 3.28. The molecule has 1 aliphatic carbocycles. The van der Waals surface area contributed by atoms with Crippen LogP contribution >= 0.6 is 11.8 Å². The molecule has 2 rings (SSSR count). The summed E-state index contributed by atoms with van der Waals surface area (Å²) in [6.45, 7) is 5.61. The quantitative estimate of drug-likeness (QED) is 0.793. The molecule has 0 radical (unpaired) electrons. The van der Waals surface area contributed by atoms with Crippen LogP contribution in [0.5, 0.6) is 0 Å². The number of thioether (sulfide) groups is 1. The Balaban J connectivity index is 1.64. The zero-order chi connectivity index (χ0) is 12.3. The first-order valence-electron chi connectivity index (χ1n) is 6.62. The second-order valence-corrected chi connectivity index (χ2v) is 7.22. The number of carbonyl (C=O) groups excluding carboxylic acids is 1. The lowest BCUT2D eigenvalue weighted by atomic mass is 10.1. The van der Waals surface area contributed by atoms with Crippen LogP contribution in [0.4, 0.5) is 0 Å². The molecular weight excluding hydrogens is 234 g/mol. The highest BCUT2D eigenvalue weighted by molar-refractivity contribution is 8.00. The fraction of sp³-hybridized carbons (Fsp3) is 0.923. The second-order valence-electron chi connectivity index (χ2n) is 5.54. The number of amides is 1. The molecule has 2 fully saturated rings. The van der Waals surface area contributed by atoms with Crippen molar-refractivity contribution in [3.8, 4) is 0 Å². The number of ether oxygens (including phenoxy) is 1. The van der Waals surface area contributed by atoms with E-state index in [1.807, 2.05) is 18.7 Å². The highest BCUT2D eigenvalue weighted by atomic mass is 32.2. The minimum atomic E-state index is -0.300. The van der Waals surface area contributed by atoms with E-state index in [-0.39, 0.29) is 16.8 Å². The van der Waals surface area contributed by atoms with E-state index in [9.17, 15) is 4.79 Å². The molecule has 4 heteroatoms. The van der Waals surface area contributed by atoms with E-state index >= 15 is 0 Å². The minimum absolute atomic E-state index is 0.0411. The maximum absolute atomic E-state index is 11.8. The normalized spacial score (nSPS) is 30.2. The molecule has 2 aliphatic rings. The lowest BCUT2D eigenvalue weighted by molar-refractivity contribution is -0.132. The average Bonchev–Trinajstić information content (AvgIpc) is 3.05. The SMILES string of the molecule is C[C@@H](OCC1CC1)C(=O)NC[C@]1(C)CCCS1. The summed E-state index contributed by atoms with van der Waals surface area (Å²) in [5.74, 6) is 1.98. The molecule has 2 atom stereocenters. The van der Waals surface area contributed by atoms with Crippen molar-refractivity contribution in [2.75, 3.05) is 18.9 Å². The van der Waals surface area contributed by atoms with Crippen molar-refractivity contribution in [2.45, 2.75) is 50.4 Å². The van der Waals surface area contributed by atoms with E-state index in [4.69, 9.17) is 4.74 Å². The number of carbonyl (C=O) groups is 1. The maximum atomic E-state index is 11.8. The lowest BCUT2D eigenvalue weighted by Gasteiger charge is -2.24. The standard InChI is InChI=1S/C13H23NO2S/c1-10(16-8-11-4-5-11)12(15)14-9-13(2)6-3-7-17-13/h10-11H,3-9H2,1-2H3,(H,14,15)/t10-,13+/m1/s1. The van der Waals surface area contributed by atoms with Gasteiger partial charge in [0.25, 0.3) is 0 Å². The van der Waals surface area contributed by atoms with Crippen LogP contribution in [0, 0.1) is 5.92 Å². The molecule has 1 amide bonds. The van der Waals surface area contributed by atoms with E-state index in [0.717, 1.165) is 13.2 Å². The zero-order valence-electron chi connectivity index (χ0n) is 10.8. The van der Waals surface area contributed by atoms with Crippen LogP contribution in [0.1, 0.15) is 39.5 Å². The third-order valence-corrected chi connectivity index (χ3v) is 5.12. The second kappa shape index (κ2) is 5.61. The van der Waals surface area contributed by atoms with Gasteiger partial charge in [0.15, 0.2) is 0 Å². The van der Waals surface area contributed by atoms with Gasteiger partial charge in [0.2, 0.25) is 5.91 Å². The Bertz CT molecular complexity index is 273. The van der Waals surface area contributed by atoms with Crippen LogP contribution < -0.4 is 5.32 Å². The Kier molecular flexibility index (Phi) is 4.36. The Morgan fingerprint density at radius 2 is 2.35 bits per heavy atom. The molecule has 1 saturated heterocycles. The van der Waals surface area contributed by atoms with E-state index in [1.165, 1.54) is 31.4 Å². The lowest BCUT2D eigenvalue weighted by Crippen LogP contribution is -2.42. The smallest absolute Gasteiger partial charge is 0.248 e. The summed E-state index contributed by atoms with van der Waals surface area (Å²) in [4.78, 5) is 11.8. The van der Waals surface area contributed by atoms with E-state index in [1.54, 1.807) is 0 Å². The molecule has 17 heavy (non-hydrogen) atoms. The summed E-state index contributed by atoms with van der Waals surface area (Å²) >= 11 is 1.97. The topological polar surface area (TPSA) is 38.3 Å². The molecular formula is C13H23NO2S. The van der Waals surface area contributed by atoms with Crippen molar-refractivity contribution in [1.29, 1.82) is 0 Å². The van der Waals surface area contributed by atoms with E-state index in [2.05, 4.69) is 12.2 Å². The summed E-state index contributed by atoms with van der Waals surface area (Å²) in [6, 6.07) is 0. The summed E-state index contributed by atoms with van der Waals surface area (Å²) < 4.78 is 5.80. The van der Waals surface area contributed by atoms with E-state index in [0.29, 0.717) is 5.92 Å². The van der Waals surface area contributed by atoms with Gasteiger partial charge in [-0.1, -0.05) is 0 Å². The van der Waals surface area contributed by atoms with Gasteiger partial charge in [0, 0.05) is 11.3 Å². The molecule has 0 aromatic carbocycles. The van der Waals surface area contributed by atoms with Crippen molar-refractivity contribution in [2.24, 2.45) is 5.92 Å². The van der Waals surface area contributed by atoms with Gasteiger partial charge in [-0.05, 0) is 51.2 Å². The Hall–Kier alpha value is -0.220. The van der Waals surface area contributed by atoms with Gasteiger partial charge >= 0.3 is 0 Å². The van der Waals surface area contributed by atoms with Crippen LogP contribution in [0.25, 0.3) is 0 Å². The van der Waals surface area contributed by atoms with Crippen LogP contribution in [0.3, 0.4) is 0 Å². The zero-order valence-corrected chi connectivity index (χ0v) is 11.6. The predicted molar refractivity (Wildman–Crippen MR) is 71.2 cm³/mol. The Labute approximate surface area is 108 Å². The molecule has 0 aromatic rings. The summed E-state index contributed by atoms with van der Waals surface area (Å²) in [5.41, 5.74) is 0. The molecule has 1 N–H and O–H groups in total. The summed E-state index contributed by atoms with van der Waals surface area (Å²) in [5, 5.41) is 3.02. The Morgan fingerprint density at radius 3 is 2.94 bits per heavy atom. The molecule has 1 aliphatic heterocycles. The molecule has 1 heterocycles. The van der Waals surface area contributed by atoms with Crippen molar-refractivity contribution in [3.63, 3.8) is 0 Å². The number of hydrogen-bond acceptors (Lipinski definition) is 3. The van der Waals surface area contributed by atoms with Crippen molar-refractivity contribution in [3.05, 3.63) is 0 Å². The maximum Gasteiger partial charge on any atom is 0.248 e. The largest absolute Gasteiger partial charge is 0.368 e. The predicted octanol–water partition coefficient (Wildman–Crippen LogP) is 2.20. The first kappa shape index (κ1) is 13.2. The van der Waals surface area contributed by atoms with Crippen molar-refractivity contribution < 1.29 is 9.53 Å². The van der Waals surface area contributed by atoms with Crippen LogP contribution in [0.15, 0.2) is 0 Å². The highest BCUT2D eigenvalue weighted by Crippen LogP contribution is 2.37. The van der Waals surface area contributed by atoms with Crippen molar-refractivity contribution in [1.82, 2.24) is 5.32 Å². The molecule has 0 spiro atoms. The molecule has 0 bridgehead atoms. The van der Waals surface area contributed by atoms with Gasteiger partial charge in [-0.15, -0.1) is 0 Å². The summed E-state index contributed by atoms with van der Waals surface area (Å²) in [7, 11) is 0. The van der Waals surface area contributed by atoms with Crippen LogP contribution in [-0.4, -0.2) is 35.7 Å². The number of nitrogens with one attached hydrogen (secondary N) is 1. The van der Waals surface area contributed by atoms with Gasteiger partial charge in [-0.2, -0.15) is 11.8 Å². The van der Waals surface area contributed by atoms with Gasteiger partial charge in [0.05, 0.1) is 6.61 Å². The van der Waals surface area contributed by atoms with Crippen LogP contribution in [0.2, 0.25) is 0 Å². The van der Waals surface area contributed by atoms with Gasteiger partial charge in [-0.3, -0.25) is 4.79 Å². The fourth-order valence-electron chi connectivity index (χ4n) is 2.03. The molecule has 98 valence electrons. The van der Waals surface area contributed by atoms with Gasteiger partial charge in [0.1, 0.15) is 6.10 Å². The molecule has 3 nitrogen and oxygen atoms in total. The Morgan fingerprint density at radius 1 is 1.59 bits per heavy atom. The van der Waals surface area contributed by atoms with Crippen LogP contribution in [-0.2, 0) is 9.53 Å². The first-order valence-corrected chi connectivity index (χ1v) is 7.61. The monoisotopic (exact) mass is 257 g/mol. The highest BCUT2D eigenvalue weighted by Gasteiger charge is 2.30. The molecule has 0 unspecified atom stereocenters. The average molecular weight is 257 g/mol. The third kappa shape index (κ3) is 4.18. The number of rotatable bonds is 6. The van der Waals surface area contributed by atoms with E-state index < -0.39 is 0 Å². The van der Waals surface area contributed by atoms with Crippen molar-refractivity contribution >= 4 is 17.7 Å². The summed E-state index contributed by atoms with van der Waals surface area (Å²) in [6.07, 6.45) is 4.71. The van der Waals surface area contributed by atoms with Gasteiger partial charge < -0.3 is 10.1 Å². The first-order chi connectivity index (χ1) is 8.09. The molecule has 1 saturated carbocycles. The van der Waals surface area contributed by atoms with Gasteiger partial charge in [-0.25, -0.2) is 0 Å². The number of hydrogen-bond donors (Lipinski definition) is 1.